The van der Waals surface area contributed by atoms with Crippen molar-refractivity contribution in [1.29, 1.82) is 0 Å². The number of aryl methyl sites for hydroxylation is 1. The number of methoxy groups -OCH3 is 1. The first-order valence-corrected chi connectivity index (χ1v) is 6.14. The van der Waals surface area contributed by atoms with E-state index >= 15 is 0 Å². The lowest BCUT2D eigenvalue weighted by atomic mass is 10.1. The van der Waals surface area contributed by atoms with E-state index in [2.05, 4.69) is 31.2 Å². The molecule has 1 heteroatoms. The van der Waals surface area contributed by atoms with Gasteiger partial charge in [-0.3, -0.25) is 0 Å². The van der Waals surface area contributed by atoms with E-state index in [4.69, 9.17) is 4.74 Å². The molecule has 1 aromatic carbocycles. The lowest BCUT2D eigenvalue weighted by molar-refractivity contribution is 0.414. The first-order valence-electron chi connectivity index (χ1n) is 6.14. The zero-order chi connectivity index (χ0) is 11.6. The Hall–Kier alpha value is -1.24. The highest BCUT2D eigenvalue weighted by atomic mass is 16.5. The normalized spacial score (nSPS) is 10.9. The van der Waals surface area contributed by atoms with Crippen molar-refractivity contribution >= 4 is 0 Å². The van der Waals surface area contributed by atoms with E-state index in [1.54, 1.807) is 7.11 Å². The molecule has 0 amide bonds. The lowest BCUT2D eigenvalue weighted by Gasteiger charge is -2.02. The zero-order valence-electron chi connectivity index (χ0n) is 10.4. The van der Waals surface area contributed by atoms with Crippen molar-refractivity contribution in [2.75, 3.05) is 7.11 Å². The largest absolute Gasteiger partial charge is 0.497 e. The molecule has 0 aliphatic heterocycles. The second-order valence-electron chi connectivity index (χ2n) is 4.00. The fraction of sp³-hybridized carbons (Fsp3) is 0.467. The van der Waals surface area contributed by atoms with Crippen LogP contribution in [0.1, 0.15) is 38.2 Å². The van der Waals surface area contributed by atoms with Crippen LogP contribution in [0.15, 0.2) is 36.4 Å². The van der Waals surface area contributed by atoms with Crippen molar-refractivity contribution in [1.82, 2.24) is 0 Å². The lowest BCUT2D eigenvalue weighted by Crippen LogP contribution is -1.86. The highest BCUT2D eigenvalue weighted by Crippen LogP contribution is 2.13. The maximum Gasteiger partial charge on any atom is 0.118 e. The SMILES string of the molecule is CCC/C=C/CCCc1ccc(OC)cc1. The monoisotopic (exact) mass is 218 g/mol. The van der Waals surface area contributed by atoms with Crippen LogP contribution in [0, 0.1) is 0 Å². The van der Waals surface area contributed by atoms with E-state index in [1.807, 2.05) is 12.1 Å². The molecule has 0 saturated carbocycles. The van der Waals surface area contributed by atoms with Gasteiger partial charge < -0.3 is 4.74 Å². The van der Waals surface area contributed by atoms with Crippen LogP contribution in [-0.2, 0) is 6.42 Å². The topological polar surface area (TPSA) is 9.23 Å². The molecule has 0 radical (unpaired) electrons. The van der Waals surface area contributed by atoms with Crippen molar-refractivity contribution < 1.29 is 4.74 Å². The number of ether oxygens (including phenoxy) is 1. The molecule has 0 N–H and O–H groups in total. The van der Waals surface area contributed by atoms with Gasteiger partial charge in [0.2, 0.25) is 0 Å². The molecule has 0 fully saturated rings. The third-order valence-corrected chi connectivity index (χ3v) is 2.62. The molecule has 0 aliphatic carbocycles. The maximum atomic E-state index is 5.13. The highest BCUT2D eigenvalue weighted by Gasteiger charge is 1.93. The summed E-state index contributed by atoms with van der Waals surface area (Å²) >= 11 is 0. The van der Waals surface area contributed by atoms with Crippen LogP contribution in [-0.4, -0.2) is 7.11 Å². The van der Waals surface area contributed by atoms with Crippen molar-refractivity contribution in [3.8, 4) is 5.75 Å². The molecule has 1 nitrogen and oxygen atoms in total. The molecule has 1 aromatic rings. The summed E-state index contributed by atoms with van der Waals surface area (Å²) in [6.45, 7) is 2.21. The minimum atomic E-state index is 0.937. The van der Waals surface area contributed by atoms with E-state index in [9.17, 15) is 0 Å². The Morgan fingerprint density at radius 2 is 1.75 bits per heavy atom. The van der Waals surface area contributed by atoms with Crippen LogP contribution in [0.5, 0.6) is 5.75 Å². The van der Waals surface area contributed by atoms with E-state index in [1.165, 1.54) is 31.2 Å². The Morgan fingerprint density at radius 1 is 1.06 bits per heavy atom. The quantitative estimate of drug-likeness (QED) is 0.487. The second kappa shape index (κ2) is 7.98. The minimum absolute atomic E-state index is 0.937. The summed E-state index contributed by atoms with van der Waals surface area (Å²) < 4.78 is 5.13. The standard InChI is InChI=1S/C15H22O/c1-3-4-5-6-7-8-9-14-10-12-15(16-2)13-11-14/h5-6,10-13H,3-4,7-9H2,1-2H3/b6-5+. The molecule has 0 saturated heterocycles. The number of hydrogen-bond donors (Lipinski definition) is 0. The summed E-state index contributed by atoms with van der Waals surface area (Å²) in [4.78, 5) is 0. The first kappa shape index (κ1) is 12.8. The molecule has 88 valence electrons. The number of unbranched alkanes of at least 4 members (excludes halogenated alkanes) is 2. The highest BCUT2D eigenvalue weighted by molar-refractivity contribution is 5.27. The van der Waals surface area contributed by atoms with Gasteiger partial charge in [-0.1, -0.05) is 37.6 Å². The number of rotatable bonds is 7. The number of allylic oxidation sites excluding steroid dienone is 2. The van der Waals surface area contributed by atoms with Crippen molar-refractivity contribution in [2.24, 2.45) is 0 Å². The second-order valence-corrected chi connectivity index (χ2v) is 4.00. The Morgan fingerprint density at radius 3 is 2.38 bits per heavy atom. The molecule has 0 unspecified atom stereocenters. The van der Waals surface area contributed by atoms with E-state index < -0.39 is 0 Å². The maximum absolute atomic E-state index is 5.13. The fourth-order valence-electron chi connectivity index (χ4n) is 1.62. The molecular weight excluding hydrogens is 196 g/mol. The predicted octanol–water partition coefficient (Wildman–Crippen LogP) is 4.37. The van der Waals surface area contributed by atoms with Crippen molar-refractivity contribution in [3.63, 3.8) is 0 Å². The van der Waals surface area contributed by atoms with Crippen LogP contribution in [0.25, 0.3) is 0 Å². The van der Waals surface area contributed by atoms with Crippen LogP contribution in [0.4, 0.5) is 0 Å². The molecule has 0 spiro atoms. The van der Waals surface area contributed by atoms with Gasteiger partial charge in [-0.15, -0.1) is 0 Å². The zero-order valence-corrected chi connectivity index (χ0v) is 10.4. The average Bonchev–Trinajstić information content (AvgIpc) is 2.34. The van der Waals surface area contributed by atoms with Crippen LogP contribution < -0.4 is 4.74 Å². The molecule has 0 atom stereocenters. The number of benzene rings is 1. The summed E-state index contributed by atoms with van der Waals surface area (Å²) in [7, 11) is 1.70. The molecule has 1 rings (SSSR count). The van der Waals surface area contributed by atoms with E-state index in [0.717, 1.165) is 12.2 Å². The Labute approximate surface area is 99.1 Å². The Kier molecular flexibility index (Phi) is 6.39. The third kappa shape index (κ3) is 5.01. The van der Waals surface area contributed by atoms with Gasteiger partial charge in [-0.2, -0.15) is 0 Å². The van der Waals surface area contributed by atoms with Crippen LogP contribution in [0.2, 0.25) is 0 Å². The fourth-order valence-corrected chi connectivity index (χ4v) is 1.62. The summed E-state index contributed by atoms with van der Waals surface area (Å²) in [5, 5.41) is 0. The molecule has 0 aliphatic rings. The van der Waals surface area contributed by atoms with Gasteiger partial charge in [0, 0.05) is 0 Å². The smallest absolute Gasteiger partial charge is 0.118 e. The van der Waals surface area contributed by atoms with Crippen LogP contribution >= 0.6 is 0 Å². The average molecular weight is 218 g/mol. The number of hydrogen-bond acceptors (Lipinski definition) is 1. The van der Waals surface area contributed by atoms with Crippen molar-refractivity contribution in [2.45, 2.75) is 39.0 Å². The summed E-state index contributed by atoms with van der Waals surface area (Å²) in [6.07, 6.45) is 10.6. The van der Waals surface area contributed by atoms with E-state index in [0.29, 0.717) is 0 Å². The molecular formula is C15H22O. The first-order chi connectivity index (χ1) is 7.86. The summed E-state index contributed by atoms with van der Waals surface area (Å²) in [5.74, 6) is 0.937. The van der Waals surface area contributed by atoms with Gasteiger partial charge >= 0.3 is 0 Å². The van der Waals surface area contributed by atoms with Gasteiger partial charge in [0.05, 0.1) is 7.11 Å². The van der Waals surface area contributed by atoms with Crippen LogP contribution in [0.3, 0.4) is 0 Å². The van der Waals surface area contributed by atoms with Gasteiger partial charge in [-0.25, -0.2) is 0 Å². The minimum Gasteiger partial charge on any atom is -0.497 e. The van der Waals surface area contributed by atoms with Gasteiger partial charge in [0.25, 0.3) is 0 Å². The van der Waals surface area contributed by atoms with E-state index in [-0.39, 0.29) is 0 Å². The van der Waals surface area contributed by atoms with Gasteiger partial charge in [0.15, 0.2) is 0 Å². The molecule has 0 heterocycles. The molecule has 0 aromatic heterocycles. The Balaban J connectivity index is 2.21. The van der Waals surface area contributed by atoms with Crippen molar-refractivity contribution in [3.05, 3.63) is 42.0 Å². The predicted molar refractivity (Wildman–Crippen MR) is 70.0 cm³/mol. The Bertz CT molecular complexity index is 298. The van der Waals surface area contributed by atoms with Gasteiger partial charge in [-0.05, 0) is 43.4 Å². The summed E-state index contributed by atoms with van der Waals surface area (Å²) in [6, 6.07) is 8.35. The third-order valence-electron chi connectivity index (χ3n) is 2.62. The summed E-state index contributed by atoms with van der Waals surface area (Å²) in [5.41, 5.74) is 1.39. The molecule has 16 heavy (non-hydrogen) atoms. The molecule has 0 bridgehead atoms. The van der Waals surface area contributed by atoms with Gasteiger partial charge in [0.1, 0.15) is 5.75 Å².